The lowest BCUT2D eigenvalue weighted by Crippen LogP contribution is -2.11. The van der Waals surface area contributed by atoms with Crippen molar-refractivity contribution >= 4 is 33.7 Å². The molecule has 0 bridgehead atoms. The minimum Gasteiger partial charge on any atom is -0.384 e. The number of hydrogen-bond donors (Lipinski definition) is 2. The molecule has 2 N–H and O–H groups in total. The molecular weight excluding hydrogens is 256 g/mol. The summed E-state index contributed by atoms with van der Waals surface area (Å²) >= 11 is 2.67. The van der Waals surface area contributed by atoms with Crippen LogP contribution in [0.5, 0.6) is 0 Å². The molecule has 6 heteroatoms. The summed E-state index contributed by atoms with van der Waals surface area (Å²) in [6, 6.07) is 1.75. The van der Waals surface area contributed by atoms with E-state index in [2.05, 4.69) is 22.1 Å². The lowest BCUT2D eigenvalue weighted by Gasteiger charge is -1.99. The summed E-state index contributed by atoms with van der Waals surface area (Å²) < 4.78 is 0. The molecule has 0 spiro atoms. The number of hydrogen-bond acceptors (Lipinski definition) is 5. The van der Waals surface area contributed by atoms with Crippen molar-refractivity contribution in [3.63, 3.8) is 0 Å². The Hall–Kier alpha value is -1.68. The van der Waals surface area contributed by atoms with Gasteiger partial charge in [0.05, 0.1) is 0 Å². The lowest BCUT2D eigenvalue weighted by molar-refractivity contribution is 0.103. The number of amides is 1. The first-order valence-electron chi connectivity index (χ1n) is 4.69. The van der Waals surface area contributed by atoms with Crippen LogP contribution in [0.2, 0.25) is 0 Å². The second-order valence-electron chi connectivity index (χ2n) is 2.91. The van der Waals surface area contributed by atoms with Gasteiger partial charge in [-0.25, -0.2) is 4.98 Å². The molecule has 0 atom stereocenters. The van der Waals surface area contributed by atoms with Crippen molar-refractivity contribution in [2.24, 2.45) is 0 Å². The first kappa shape index (κ1) is 11.8. The first-order valence-corrected chi connectivity index (χ1v) is 6.45. The highest BCUT2D eigenvalue weighted by Gasteiger charge is 2.12. The number of aliphatic hydroxyl groups excluding tert-OH is 1. The van der Waals surface area contributed by atoms with Gasteiger partial charge in [-0.1, -0.05) is 11.8 Å². The molecule has 0 saturated heterocycles. The second kappa shape index (κ2) is 5.59. The van der Waals surface area contributed by atoms with Crippen LogP contribution in [0.1, 0.15) is 15.2 Å². The predicted octanol–water partition coefficient (Wildman–Crippen LogP) is 1.80. The molecule has 86 valence electrons. The van der Waals surface area contributed by atoms with Crippen LogP contribution in [-0.2, 0) is 0 Å². The van der Waals surface area contributed by atoms with Crippen LogP contribution < -0.4 is 5.32 Å². The van der Waals surface area contributed by atoms with Crippen molar-refractivity contribution < 1.29 is 9.90 Å². The maximum atomic E-state index is 11.9. The second-order valence-corrected chi connectivity index (χ2v) is 4.73. The monoisotopic (exact) mass is 264 g/mol. The van der Waals surface area contributed by atoms with Crippen LogP contribution in [0.15, 0.2) is 23.0 Å². The highest BCUT2D eigenvalue weighted by molar-refractivity contribution is 7.14. The largest absolute Gasteiger partial charge is 0.384 e. The average molecular weight is 264 g/mol. The number of nitrogens with zero attached hydrogens (tertiary/aromatic N) is 1. The van der Waals surface area contributed by atoms with E-state index in [1.807, 2.05) is 0 Å². The zero-order valence-corrected chi connectivity index (χ0v) is 10.3. The van der Waals surface area contributed by atoms with Gasteiger partial charge in [-0.2, -0.15) is 0 Å². The van der Waals surface area contributed by atoms with Crippen LogP contribution in [0.3, 0.4) is 0 Å². The van der Waals surface area contributed by atoms with Crippen molar-refractivity contribution in [3.8, 4) is 11.8 Å². The summed E-state index contributed by atoms with van der Waals surface area (Å²) in [6.07, 6.45) is 1.63. The quantitative estimate of drug-likeness (QED) is 0.813. The van der Waals surface area contributed by atoms with Gasteiger partial charge in [-0.05, 0) is 11.4 Å². The number of carbonyl (C=O) groups excluding carboxylic acids is 1. The normalized spacial score (nSPS) is 9.47. The molecule has 0 unspecified atom stereocenters. The molecule has 0 aliphatic carbocycles. The van der Waals surface area contributed by atoms with E-state index in [9.17, 15) is 4.79 Å². The van der Waals surface area contributed by atoms with Gasteiger partial charge in [0.2, 0.25) is 0 Å². The van der Waals surface area contributed by atoms with E-state index in [1.165, 1.54) is 22.7 Å². The summed E-state index contributed by atoms with van der Waals surface area (Å²) in [5.74, 6) is 5.04. The molecule has 2 rings (SSSR count). The Morgan fingerprint density at radius 3 is 3.06 bits per heavy atom. The third kappa shape index (κ3) is 2.91. The molecule has 17 heavy (non-hydrogen) atoms. The number of thiazole rings is 1. The molecule has 0 aromatic carbocycles. The zero-order chi connectivity index (χ0) is 12.1. The molecule has 2 heterocycles. The Morgan fingerprint density at radius 1 is 1.47 bits per heavy atom. The molecule has 0 aliphatic heterocycles. The molecule has 0 radical (unpaired) electrons. The zero-order valence-electron chi connectivity index (χ0n) is 8.64. The summed E-state index contributed by atoms with van der Waals surface area (Å²) in [5.41, 5.74) is 0.623. The van der Waals surface area contributed by atoms with Gasteiger partial charge in [-0.15, -0.1) is 22.7 Å². The summed E-state index contributed by atoms with van der Waals surface area (Å²) in [6.45, 7) is -0.219. The Kier molecular flexibility index (Phi) is 3.88. The van der Waals surface area contributed by atoms with Crippen molar-refractivity contribution in [1.82, 2.24) is 4.98 Å². The van der Waals surface area contributed by atoms with E-state index >= 15 is 0 Å². The van der Waals surface area contributed by atoms with Gasteiger partial charge in [0.25, 0.3) is 5.91 Å². The topological polar surface area (TPSA) is 62.2 Å². The highest BCUT2D eigenvalue weighted by atomic mass is 32.1. The average Bonchev–Trinajstić information content (AvgIpc) is 2.96. The number of thiophene rings is 1. The molecule has 2 aromatic heterocycles. The number of nitrogens with one attached hydrogen (secondary N) is 1. The number of carbonyl (C=O) groups is 1. The van der Waals surface area contributed by atoms with E-state index in [0.717, 1.165) is 0 Å². The maximum Gasteiger partial charge on any atom is 0.268 e. The molecule has 0 saturated carbocycles. The van der Waals surface area contributed by atoms with E-state index < -0.39 is 0 Å². The van der Waals surface area contributed by atoms with Gasteiger partial charge in [-0.3, -0.25) is 10.1 Å². The summed E-state index contributed by atoms with van der Waals surface area (Å²) in [7, 11) is 0. The third-order valence-electron chi connectivity index (χ3n) is 1.83. The van der Waals surface area contributed by atoms with Crippen LogP contribution in [0.4, 0.5) is 5.13 Å². The van der Waals surface area contributed by atoms with Crippen molar-refractivity contribution in [1.29, 1.82) is 0 Å². The molecular formula is C11H8N2O2S2. The van der Waals surface area contributed by atoms with E-state index in [4.69, 9.17) is 5.11 Å². The van der Waals surface area contributed by atoms with Gasteiger partial charge < -0.3 is 5.11 Å². The number of aliphatic hydroxyl groups is 1. The molecule has 0 fully saturated rings. The van der Waals surface area contributed by atoms with Crippen molar-refractivity contribution in [2.75, 3.05) is 11.9 Å². The fourth-order valence-corrected chi connectivity index (χ4v) is 2.43. The van der Waals surface area contributed by atoms with Gasteiger partial charge >= 0.3 is 0 Å². The predicted molar refractivity (Wildman–Crippen MR) is 68.4 cm³/mol. The minimum atomic E-state index is -0.225. The van der Waals surface area contributed by atoms with E-state index in [1.54, 1.807) is 23.0 Å². The number of anilines is 1. The van der Waals surface area contributed by atoms with E-state index in [-0.39, 0.29) is 12.5 Å². The molecule has 1 amide bonds. The first-order chi connectivity index (χ1) is 8.31. The lowest BCUT2D eigenvalue weighted by atomic mass is 10.2. The van der Waals surface area contributed by atoms with Crippen LogP contribution in [0, 0.1) is 11.8 Å². The number of rotatable bonds is 2. The van der Waals surface area contributed by atoms with Gasteiger partial charge in [0, 0.05) is 17.1 Å². The van der Waals surface area contributed by atoms with Crippen LogP contribution >= 0.6 is 22.7 Å². The fraction of sp³-hybridized carbons (Fsp3) is 0.0909. The maximum absolute atomic E-state index is 11.9. The highest BCUT2D eigenvalue weighted by Crippen LogP contribution is 2.19. The standard InChI is InChI=1S/C11H8N2O2S2/c14-5-1-2-8-3-6-16-9(8)10(15)13-11-12-4-7-17-11/h3-4,6-7,14H,5H2,(H,12,13,15). The van der Waals surface area contributed by atoms with Crippen molar-refractivity contribution in [2.45, 2.75) is 0 Å². The summed E-state index contributed by atoms with van der Waals surface area (Å²) in [5, 5.41) is 15.5. The molecule has 0 aliphatic rings. The van der Waals surface area contributed by atoms with Crippen molar-refractivity contribution in [3.05, 3.63) is 33.5 Å². The minimum absolute atomic E-state index is 0.219. The summed E-state index contributed by atoms with van der Waals surface area (Å²) in [4.78, 5) is 16.4. The fourth-order valence-electron chi connectivity index (χ4n) is 1.16. The smallest absolute Gasteiger partial charge is 0.268 e. The van der Waals surface area contributed by atoms with Crippen LogP contribution in [0.25, 0.3) is 0 Å². The Balaban J connectivity index is 2.17. The Morgan fingerprint density at radius 2 is 2.35 bits per heavy atom. The SMILES string of the molecule is O=C(Nc1nccs1)c1sccc1C#CCO. The third-order valence-corrected chi connectivity index (χ3v) is 3.43. The molecule has 4 nitrogen and oxygen atoms in total. The Bertz CT molecular complexity index is 564. The van der Waals surface area contributed by atoms with Gasteiger partial charge in [0.15, 0.2) is 5.13 Å². The number of aromatic nitrogens is 1. The van der Waals surface area contributed by atoms with E-state index in [0.29, 0.717) is 15.6 Å². The van der Waals surface area contributed by atoms with Crippen LogP contribution in [-0.4, -0.2) is 22.6 Å². The Labute approximate surface area is 106 Å². The van der Waals surface area contributed by atoms with Gasteiger partial charge in [0.1, 0.15) is 11.5 Å². The molecule has 2 aromatic rings.